The molecular weight excluding hydrogens is 216 g/mol. The van der Waals surface area contributed by atoms with Crippen molar-refractivity contribution >= 4 is 5.91 Å². The SMILES string of the molecule is CC(C)CCOC1CCN(C(C)C(N)=O)CC1. The molecule has 0 aliphatic carbocycles. The molecule has 0 aromatic rings. The first-order chi connectivity index (χ1) is 8.00. The predicted octanol–water partition coefficient (Wildman–Crippen LogP) is 1.39. The van der Waals surface area contributed by atoms with E-state index in [1.165, 1.54) is 0 Å². The number of likely N-dealkylation sites (tertiary alicyclic amines) is 1. The number of rotatable bonds is 6. The molecule has 1 unspecified atom stereocenters. The lowest BCUT2D eigenvalue weighted by molar-refractivity contribution is -0.123. The summed E-state index contributed by atoms with van der Waals surface area (Å²) in [6.45, 7) is 8.98. The largest absolute Gasteiger partial charge is 0.378 e. The number of hydrogen-bond donors (Lipinski definition) is 1. The molecule has 0 radical (unpaired) electrons. The Bertz CT molecular complexity index is 236. The molecule has 4 nitrogen and oxygen atoms in total. The van der Waals surface area contributed by atoms with E-state index in [0.29, 0.717) is 12.0 Å². The molecule has 1 rings (SSSR count). The number of carbonyl (C=O) groups excluding carboxylic acids is 1. The molecule has 4 heteroatoms. The minimum Gasteiger partial charge on any atom is -0.378 e. The number of primary amides is 1. The number of nitrogens with zero attached hydrogens (tertiary/aromatic N) is 1. The fraction of sp³-hybridized carbons (Fsp3) is 0.923. The summed E-state index contributed by atoms with van der Waals surface area (Å²) in [6.07, 6.45) is 3.51. The van der Waals surface area contributed by atoms with Gasteiger partial charge in [-0.2, -0.15) is 0 Å². The Kier molecular flexibility index (Phi) is 5.92. The fourth-order valence-corrected chi connectivity index (χ4v) is 2.08. The Morgan fingerprint density at radius 3 is 2.41 bits per heavy atom. The summed E-state index contributed by atoms with van der Waals surface area (Å²) in [5.41, 5.74) is 5.30. The van der Waals surface area contributed by atoms with Gasteiger partial charge in [-0.15, -0.1) is 0 Å². The standard InChI is InChI=1S/C13H26N2O2/c1-10(2)6-9-17-12-4-7-15(8-5-12)11(3)13(14)16/h10-12H,4-9H2,1-3H3,(H2,14,16). The number of ether oxygens (including phenoxy) is 1. The fourth-order valence-electron chi connectivity index (χ4n) is 2.08. The molecule has 1 aliphatic rings. The summed E-state index contributed by atoms with van der Waals surface area (Å²) < 4.78 is 5.84. The Morgan fingerprint density at radius 1 is 1.35 bits per heavy atom. The van der Waals surface area contributed by atoms with Crippen LogP contribution in [-0.2, 0) is 9.53 Å². The van der Waals surface area contributed by atoms with Crippen molar-refractivity contribution in [2.75, 3.05) is 19.7 Å². The third-order valence-corrected chi connectivity index (χ3v) is 3.48. The van der Waals surface area contributed by atoms with Crippen LogP contribution < -0.4 is 5.73 Å². The van der Waals surface area contributed by atoms with E-state index < -0.39 is 0 Å². The molecule has 1 fully saturated rings. The molecule has 2 N–H and O–H groups in total. The molecule has 0 bridgehead atoms. The molecule has 1 saturated heterocycles. The highest BCUT2D eigenvalue weighted by Crippen LogP contribution is 2.16. The van der Waals surface area contributed by atoms with Crippen LogP contribution in [0.1, 0.15) is 40.0 Å². The molecule has 100 valence electrons. The van der Waals surface area contributed by atoms with Crippen LogP contribution >= 0.6 is 0 Å². The Hall–Kier alpha value is -0.610. The minimum atomic E-state index is -0.232. The van der Waals surface area contributed by atoms with Gasteiger partial charge in [0.05, 0.1) is 12.1 Å². The maximum Gasteiger partial charge on any atom is 0.234 e. The highest BCUT2D eigenvalue weighted by atomic mass is 16.5. The molecule has 1 atom stereocenters. The van der Waals surface area contributed by atoms with Crippen LogP contribution in [-0.4, -0.2) is 42.6 Å². The number of carbonyl (C=O) groups is 1. The number of nitrogens with two attached hydrogens (primary N) is 1. The number of hydrogen-bond acceptors (Lipinski definition) is 3. The zero-order valence-corrected chi connectivity index (χ0v) is 11.3. The van der Waals surface area contributed by atoms with Gasteiger partial charge in [0.25, 0.3) is 0 Å². The molecular formula is C13H26N2O2. The summed E-state index contributed by atoms with van der Waals surface area (Å²) >= 11 is 0. The van der Waals surface area contributed by atoms with Crippen LogP contribution in [0, 0.1) is 5.92 Å². The molecule has 0 aromatic carbocycles. The Balaban J connectivity index is 2.19. The lowest BCUT2D eigenvalue weighted by Gasteiger charge is -2.34. The monoisotopic (exact) mass is 242 g/mol. The molecule has 0 aromatic heterocycles. The van der Waals surface area contributed by atoms with E-state index in [-0.39, 0.29) is 11.9 Å². The smallest absolute Gasteiger partial charge is 0.234 e. The zero-order chi connectivity index (χ0) is 12.8. The van der Waals surface area contributed by atoms with Crippen molar-refractivity contribution in [2.45, 2.75) is 52.2 Å². The van der Waals surface area contributed by atoms with Crippen LogP contribution in [0.4, 0.5) is 0 Å². The molecule has 0 saturated carbocycles. The second kappa shape index (κ2) is 6.97. The van der Waals surface area contributed by atoms with E-state index >= 15 is 0 Å². The molecule has 1 amide bonds. The van der Waals surface area contributed by atoms with Gasteiger partial charge in [0.15, 0.2) is 0 Å². The summed E-state index contributed by atoms with van der Waals surface area (Å²) in [7, 11) is 0. The maximum atomic E-state index is 11.1. The predicted molar refractivity (Wildman–Crippen MR) is 68.7 cm³/mol. The average Bonchev–Trinajstić information content (AvgIpc) is 2.28. The average molecular weight is 242 g/mol. The van der Waals surface area contributed by atoms with Gasteiger partial charge in [-0.3, -0.25) is 9.69 Å². The third-order valence-electron chi connectivity index (χ3n) is 3.48. The van der Waals surface area contributed by atoms with Gasteiger partial charge in [0.2, 0.25) is 5.91 Å². The topological polar surface area (TPSA) is 55.6 Å². The zero-order valence-electron chi connectivity index (χ0n) is 11.3. The van der Waals surface area contributed by atoms with Gasteiger partial charge in [0.1, 0.15) is 0 Å². The second-order valence-electron chi connectivity index (χ2n) is 5.37. The van der Waals surface area contributed by atoms with Gasteiger partial charge in [-0.05, 0) is 32.1 Å². The number of amides is 1. The van der Waals surface area contributed by atoms with E-state index in [1.807, 2.05) is 6.92 Å². The van der Waals surface area contributed by atoms with E-state index in [4.69, 9.17) is 10.5 Å². The van der Waals surface area contributed by atoms with Crippen LogP contribution in [0.25, 0.3) is 0 Å². The van der Waals surface area contributed by atoms with E-state index in [2.05, 4.69) is 18.7 Å². The lowest BCUT2D eigenvalue weighted by atomic mass is 10.1. The van der Waals surface area contributed by atoms with Crippen molar-refractivity contribution in [3.05, 3.63) is 0 Å². The van der Waals surface area contributed by atoms with E-state index in [0.717, 1.165) is 39.0 Å². The molecule has 17 heavy (non-hydrogen) atoms. The summed E-state index contributed by atoms with van der Waals surface area (Å²) in [4.78, 5) is 13.2. The van der Waals surface area contributed by atoms with Crippen molar-refractivity contribution < 1.29 is 9.53 Å². The van der Waals surface area contributed by atoms with Gasteiger partial charge < -0.3 is 10.5 Å². The van der Waals surface area contributed by atoms with Crippen molar-refractivity contribution in [1.29, 1.82) is 0 Å². The first kappa shape index (κ1) is 14.5. The lowest BCUT2D eigenvalue weighted by Crippen LogP contribution is -2.47. The molecule has 1 heterocycles. The van der Waals surface area contributed by atoms with Crippen LogP contribution in [0.2, 0.25) is 0 Å². The van der Waals surface area contributed by atoms with Gasteiger partial charge >= 0.3 is 0 Å². The molecule has 1 aliphatic heterocycles. The van der Waals surface area contributed by atoms with Crippen LogP contribution in [0.3, 0.4) is 0 Å². The minimum absolute atomic E-state index is 0.147. The third kappa shape index (κ3) is 5.04. The summed E-state index contributed by atoms with van der Waals surface area (Å²) in [5, 5.41) is 0. The summed E-state index contributed by atoms with van der Waals surface area (Å²) in [6, 6.07) is -0.147. The molecule has 0 spiro atoms. The second-order valence-corrected chi connectivity index (χ2v) is 5.37. The van der Waals surface area contributed by atoms with Crippen molar-refractivity contribution in [1.82, 2.24) is 4.90 Å². The Morgan fingerprint density at radius 2 is 1.94 bits per heavy atom. The van der Waals surface area contributed by atoms with Crippen molar-refractivity contribution in [3.63, 3.8) is 0 Å². The highest BCUT2D eigenvalue weighted by Gasteiger charge is 2.25. The van der Waals surface area contributed by atoms with Crippen molar-refractivity contribution in [2.24, 2.45) is 11.7 Å². The highest BCUT2D eigenvalue weighted by molar-refractivity contribution is 5.79. The van der Waals surface area contributed by atoms with Gasteiger partial charge in [-0.25, -0.2) is 0 Å². The normalized spacial score (nSPS) is 20.7. The van der Waals surface area contributed by atoms with Gasteiger partial charge in [0, 0.05) is 19.7 Å². The Labute approximate surface area is 104 Å². The summed E-state index contributed by atoms with van der Waals surface area (Å²) in [5.74, 6) is 0.467. The van der Waals surface area contributed by atoms with E-state index in [1.54, 1.807) is 0 Å². The first-order valence-electron chi connectivity index (χ1n) is 6.65. The maximum absolute atomic E-state index is 11.1. The first-order valence-corrected chi connectivity index (χ1v) is 6.65. The van der Waals surface area contributed by atoms with E-state index in [9.17, 15) is 4.79 Å². The van der Waals surface area contributed by atoms with Crippen LogP contribution in [0.15, 0.2) is 0 Å². The van der Waals surface area contributed by atoms with Crippen LogP contribution in [0.5, 0.6) is 0 Å². The quantitative estimate of drug-likeness (QED) is 0.765. The number of piperidine rings is 1. The van der Waals surface area contributed by atoms with Crippen molar-refractivity contribution in [3.8, 4) is 0 Å². The van der Waals surface area contributed by atoms with Gasteiger partial charge in [-0.1, -0.05) is 13.8 Å².